The fourth-order valence-corrected chi connectivity index (χ4v) is 3.66. The molecule has 2 aromatic rings. The van der Waals surface area contributed by atoms with Gasteiger partial charge in [-0.2, -0.15) is 0 Å². The molecule has 1 unspecified atom stereocenters. The normalized spacial score (nSPS) is 16.4. The lowest BCUT2D eigenvalue weighted by Gasteiger charge is -2.19. The first-order chi connectivity index (χ1) is 13.6. The van der Waals surface area contributed by atoms with Crippen LogP contribution in [0.15, 0.2) is 30.5 Å². The highest BCUT2D eigenvalue weighted by Crippen LogP contribution is 2.29. The quantitative estimate of drug-likeness (QED) is 0.703. The Hall–Kier alpha value is -2.54. The molecule has 0 saturated carbocycles. The molecule has 3 rings (SSSR count). The maximum Gasteiger partial charge on any atom is 0.321 e. The number of carbonyl (C=O) groups excluding carboxylic acids is 1. The first kappa shape index (κ1) is 20.2. The molecule has 7 heteroatoms. The van der Waals surface area contributed by atoms with E-state index in [4.69, 9.17) is 9.47 Å². The van der Waals surface area contributed by atoms with E-state index in [2.05, 4.69) is 21.8 Å². The SMILES string of the molecule is CCOc1ccccc1NC(=O)N1CCC(c2ncc(C)n2CCCOC)C1. The van der Waals surface area contributed by atoms with Crippen LogP contribution >= 0.6 is 0 Å². The van der Waals surface area contributed by atoms with Gasteiger partial charge in [-0.1, -0.05) is 12.1 Å². The number of likely N-dealkylation sites (tertiary alicyclic amines) is 1. The van der Waals surface area contributed by atoms with Crippen molar-refractivity contribution in [3.63, 3.8) is 0 Å². The van der Waals surface area contributed by atoms with Crippen LogP contribution in [0.4, 0.5) is 10.5 Å². The van der Waals surface area contributed by atoms with Gasteiger partial charge in [-0.3, -0.25) is 0 Å². The van der Waals surface area contributed by atoms with Crippen molar-refractivity contribution >= 4 is 11.7 Å². The summed E-state index contributed by atoms with van der Waals surface area (Å²) in [5.74, 6) is 2.01. The fourth-order valence-electron chi connectivity index (χ4n) is 3.66. The number of aromatic nitrogens is 2. The molecule has 1 atom stereocenters. The molecule has 1 aliphatic heterocycles. The van der Waals surface area contributed by atoms with Crippen molar-refractivity contribution in [1.29, 1.82) is 0 Å². The van der Waals surface area contributed by atoms with Gasteiger partial charge in [-0.15, -0.1) is 0 Å². The third-order valence-electron chi connectivity index (χ3n) is 5.09. The highest BCUT2D eigenvalue weighted by molar-refractivity contribution is 5.91. The van der Waals surface area contributed by atoms with Gasteiger partial charge >= 0.3 is 6.03 Å². The van der Waals surface area contributed by atoms with Crippen molar-refractivity contribution < 1.29 is 14.3 Å². The molecule has 2 heterocycles. The van der Waals surface area contributed by atoms with Crippen LogP contribution in [-0.4, -0.2) is 53.9 Å². The zero-order valence-electron chi connectivity index (χ0n) is 17.0. The third kappa shape index (κ3) is 4.65. The number of carbonyl (C=O) groups is 1. The molecule has 0 spiro atoms. The molecular weight excluding hydrogens is 356 g/mol. The maximum atomic E-state index is 12.8. The number of nitrogens with zero attached hydrogens (tertiary/aromatic N) is 3. The summed E-state index contributed by atoms with van der Waals surface area (Å²) in [6, 6.07) is 7.43. The molecule has 1 aromatic carbocycles. The zero-order valence-corrected chi connectivity index (χ0v) is 17.0. The minimum absolute atomic E-state index is 0.0936. The number of methoxy groups -OCH3 is 1. The van der Waals surface area contributed by atoms with Gasteiger partial charge in [0, 0.05) is 51.2 Å². The topological polar surface area (TPSA) is 68.6 Å². The van der Waals surface area contributed by atoms with Gasteiger partial charge in [0.2, 0.25) is 0 Å². The summed E-state index contributed by atoms with van der Waals surface area (Å²) in [6.07, 6.45) is 3.79. The first-order valence-electron chi connectivity index (χ1n) is 9.92. The highest BCUT2D eigenvalue weighted by atomic mass is 16.5. The van der Waals surface area contributed by atoms with E-state index in [9.17, 15) is 4.79 Å². The van der Waals surface area contributed by atoms with Crippen molar-refractivity contribution in [2.75, 3.05) is 38.7 Å². The van der Waals surface area contributed by atoms with Gasteiger partial charge in [-0.25, -0.2) is 9.78 Å². The number of ether oxygens (including phenoxy) is 2. The summed E-state index contributed by atoms with van der Waals surface area (Å²) < 4.78 is 13.0. The van der Waals surface area contributed by atoms with Gasteiger partial charge in [0.15, 0.2) is 0 Å². The number of rotatable bonds is 8. The summed E-state index contributed by atoms with van der Waals surface area (Å²) in [4.78, 5) is 19.3. The lowest BCUT2D eigenvalue weighted by molar-refractivity contribution is 0.189. The molecule has 0 radical (unpaired) electrons. The van der Waals surface area contributed by atoms with Crippen LogP contribution in [0.3, 0.4) is 0 Å². The number of anilines is 1. The van der Waals surface area contributed by atoms with Gasteiger partial charge in [-0.05, 0) is 38.8 Å². The Bertz CT molecular complexity index is 790. The lowest BCUT2D eigenvalue weighted by atomic mass is 10.1. The smallest absolute Gasteiger partial charge is 0.321 e. The molecular formula is C21H30N4O3. The van der Waals surface area contributed by atoms with Crippen LogP contribution in [0.1, 0.15) is 37.2 Å². The van der Waals surface area contributed by atoms with E-state index >= 15 is 0 Å². The van der Waals surface area contributed by atoms with Crippen LogP contribution in [-0.2, 0) is 11.3 Å². The van der Waals surface area contributed by atoms with Crippen molar-refractivity contribution in [3.8, 4) is 5.75 Å². The summed E-state index contributed by atoms with van der Waals surface area (Å²) in [5, 5.41) is 2.99. The molecule has 1 fully saturated rings. The number of nitrogens with one attached hydrogen (secondary N) is 1. The van der Waals surface area contributed by atoms with Gasteiger partial charge in [0.1, 0.15) is 11.6 Å². The molecule has 2 amide bonds. The van der Waals surface area contributed by atoms with Crippen molar-refractivity contribution in [2.45, 2.75) is 39.2 Å². The Kier molecular flexibility index (Phi) is 6.92. The second-order valence-electron chi connectivity index (χ2n) is 7.05. The van der Waals surface area contributed by atoms with Gasteiger partial charge in [0.25, 0.3) is 0 Å². The van der Waals surface area contributed by atoms with E-state index in [0.717, 1.165) is 44.1 Å². The van der Waals surface area contributed by atoms with E-state index in [1.807, 2.05) is 42.3 Å². The molecule has 1 aromatic heterocycles. The van der Waals surface area contributed by atoms with E-state index in [1.54, 1.807) is 7.11 Å². The molecule has 0 aliphatic carbocycles. The summed E-state index contributed by atoms with van der Waals surface area (Å²) in [6.45, 7) is 7.58. The van der Waals surface area contributed by atoms with Crippen molar-refractivity contribution in [2.24, 2.45) is 0 Å². The molecule has 7 nitrogen and oxygen atoms in total. The average molecular weight is 386 g/mol. The van der Waals surface area contributed by atoms with Crippen LogP contribution in [0.2, 0.25) is 0 Å². The number of amides is 2. The number of hydrogen-bond donors (Lipinski definition) is 1. The molecule has 1 aliphatic rings. The van der Waals surface area contributed by atoms with E-state index in [-0.39, 0.29) is 11.9 Å². The Morgan fingerprint density at radius 1 is 1.36 bits per heavy atom. The lowest BCUT2D eigenvalue weighted by Crippen LogP contribution is -2.33. The van der Waals surface area contributed by atoms with Crippen LogP contribution in [0.5, 0.6) is 5.75 Å². The molecule has 152 valence electrons. The number of aryl methyl sites for hydroxylation is 1. The number of hydrogen-bond acceptors (Lipinski definition) is 4. The van der Waals surface area contributed by atoms with Crippen molar-refractivity contribution in [1.82, 2.24) is 14.5 Å². The number of urea groups is 1. The molecule has 1 saturated heterocycles. The van der Waals surface area contributed by atoms with Crippen molar-refractivity contribution in [3.05, 3.63) is 42.0 Å². The second-order valence-corrected chi connectivity index (χ2v) is 7.05. The fraction of sp³-hybridized carbons (Fsp3) is 0.524. The third-order valence-corrected chi connectivity index (χ3v) is 5.09. The average Bonchev–Trinajstić information content (AvgIpc) is 3.31. The monoisotopic (exact) mass is 386 g/mol. The summed E-state index contributed by atoms with van der Waals surface area (Å²) >= 11 is 0. The first-order valence-corrected chi connectivity index (χ1v) is 9.92. The maximum absolute atomic E-state index is 12.8. The number of imidazole rings is 1. The zero-order chi connectivity index (χ0) is 19.9. The van der Waals surface area contributed by atoms with E-state index < -0.39 is 0 Å². The Labute approximate surface area is 166 Å². The van der Waals surface area contributed by atoms with E-state index in [1.165, 1.54) is 0 Å². The number of benzene rings is 1. The Morgan fingerprint density at radius 3 is 2.96 bits per heavy atom. The standard InChI is InChI=1S/C21H30N4O3/c1-4-28-19-9-6-5-8-18(19)23-21(26)24-12-10-17(15-24)20-22-14-16(2)25(20)11-7-13-27-3/h5-6,8-9,14,17H,4,7,10-13,15H2,1-3H3,(H,23,26). The minimum atomic E-state index is -0.0936. The predicted molar refractivity (Wildman–Crippen MR) is 109 cm³/mol. The van der Waals surface area contributed by atoms with Crippen LogP contribution in [0.25, 0.3) is 0 Å². The summed E-state index contributed by atoms with van der Waals surface area (Å²) in [7, 11) is 1.72. The van der Waals surface area contributed by atoms with Crippen LogP contribution in [0, 0.1) is 6.92 Å². The highest BCUT2D eigenvalue weighted by Gasteiger charge is 2.30. The Balaban J connectivity index is 1.63. The largest absolute Gasteiger partial charge is 0.492 e. The predicted octanol–water partition coefficient (Wildman–Crippen LogP) is 3.65. The molecule has 0 bridgehead atoms. The number of para-hydroxylation sites is 2. The molecule has 28 heavy (non-hydrogen) atoms. The Morgan fingerprint density at radius 2 is 2.18 bits per heavy atom. The van der Waals surface area contributed by atoms with E-state index in [0.29, 0.717) is 24.6 Å². The minimum Gasteiger partial charge on any atom is -0.492 e. The van der Waals surface area contributed by atoms with Crippen LogP contribution < -0.4 is 10.1 Å². The molecule has 1 N–H and O–H groups in total. The second kappa shape index (κ2) is 9.59. The summed E-state index contributed by atoms with van der Waals surface area (Å²) in [5.41, 5.74) is 1.86. The van der Waals surface area contributed by atoms with Gasteiger partial charge in [0.05, 0.1) is 12.3 Å². The van der Waals surface area contributed by atoms with Gasteiger partial charge < -0.3 is 24.3 Å².